The molecule has 0 aliphatic rings. The molecule has 7 heteroatoms. The molecule has 152 valence electrons. The lowest BCUT2D eigenvalue weighted by molar-refractivity contribution is 0.125. The summed E-state index contributed by atoms with van der Waals surface area (Å²) in [5, 5.41) is 19.8. The van der Waals surface area contributed by atoms with Crippen LogP contribution in [0.5, 0.6) is 5.75 Å². The van der Waals surface area contributed by atoms with Crippen molar-refractivity contribution in [3.05, 3.63) is 67.0 Å². The summed E-state index contributed by atoms with van der Waals surface area (Å²) < 4.78 is 7.85. The van der Waals surface area contributed by atoms with Gasteiger partial charge < -0.3 is 9.84 Å². The van der Waals surface area contributed by atoms with E-state index in [1.165, 1.54) is 11.8 Å². The van der Waals surface area contributed by atoms with E-state index in [1.54, 1.807) is 18.5 Å². The molecule has 0 fully saturated rings. The molecule has 2 heterocycles. The Morgan fingerprint density at radius 3 is 2.66 bits per heavy atom. The van der Waals surface area contributed by atoms with Gasteiger partial charge >= 0.3 is 0 Å². The van der Waals surface area contributed by atoms with Crippen LogP contribution in [0.25, 0.3) is 11.4 Å². The number of pyridine rings is 1. The Balaban J connectivity index is 1.63. The van der Waals surface area contributed by atoms with Gasteiger partial charge in [0.1, 0.15) is 12.4 Å². The van der Waals surface area contributed by atoms with Gasteiger partial charge in [0, 0.05) is 30.3 Å². The van der Waals surface area contributed by atoms with E-state index in [0.29, 0.717) is 18.2 Å². The molecular weight excluding hydrogens is 384 g/mol. The molecule has 0 aliphatic heterocycles. The first-order valence-electron chi connectivity index (χ1n) is 9.57. The lowest BCUT2D eigenvalue weighted by Gasteiger charge is -2.16. The van der Waals surface area contributed by atoms with Crippen molar-refractivity contribution in [3.8, 4) is 17.1 Å². The van der Waals surface area contributed by atoms with E-state index < -0.39 is 6.10 Å². The Hall–Kier alpha value is -2.64. The number of nitrogens with zero attached hydrogens (tertiary/aromatic N) is 4. The number of benzene rings is 1. The smallest absolute Gasteiger partial charge is 0.191 e. The monoisotopic (exact) mass is 410 g/mol. The third-order valence-electron chi connectivity index (χ3n) is 4.34. The van der Waals surface area contributed by atoms with Gasteiger partial charge in [-0.2, -0.15) is 0 Å². The second kappa shape index (κ2) is 10.2. The van der Waals surface area contributed by atoms with Gasteiger partial charge in [-0.25, -0.2) is 0 Å². The maximum Gasteiger partial charge on any atom is 0.191 e. The molecule has 1 N–H and O–H groups in total. The van der Waals surface area contributed by atoms with Crippen molar-refractivity contribution >= 4 is 11.8 Å². The molecule has 1 atom stereocenters. The fourth-order valence-electron chi connectivity index (χ4n) is 2.90. The van der Waals surface area contributed by atoms with Crippen LogP contribution in [-0.4, -0.2) is 43.3 Å². The van der Waals surface area contributed by atoms with Gasteiger partial charge in [-0.05, 0) is 29.7 Å². The average molecular weight is 411 g/mol. The Kier molecular flexibility index (Phi) is 7.43. The fourth-order valence-corrected chi connectivity index (χ4v) is 3.75. The zero-order valence-corrected chi connectivity index (χ0v) is 17.5. The van der Waals surface area contributed by atoms with Crippen LogP contribution in [0.15, 0.2) is 66.6 Å². The van der Waals surface area contributed by atoms with Crippen LogP contribution in [0, 0.1) is 0 Å². The van der Waals surface area contributed by atoms with E-state index in [2.05, 4.69) is 41.7 Å². The number of allylic oxidation sites excluding steroid dienone is 1. The van der Waals surface area contributed by atoms with Crippen LogP contribution in [0.1, 0.15) is 25.3 Å². The molecule has 0 radical (unpaired) electrons. The molecule has 0 saturated heterocycles. The van der Waals surface area contributed by atoms with Gasteiger partial charge in [0.05, 0.1) is 6.10 Å². The van der Waals surface area contributed by atoms with E-state index in [9.17, 15) is 5.11 Å². The van der Waals surface area contributed by atoms with Crippen molar-refractivity contribution in [1.29, 1.82) is 0 Å². The highest BCUT2D eigenvalue weighted by atomic mass is 32.2. The fraction of sp³-hybridized carbons (Fsp3) is 0.318. The number of para-hydroxylation sites is 1. The summed E-state index contributed by atoms with van der Waals surface area (Å²) in [4.78, 5) is 4.05. The summed E-state index contributed by atoms with van der Waals surface area (Å²) in [6, 6.07) is 11.7. The van der Waals surface area contributed by atoms with Gasteiger partial charge in [0.25, 0.3) is 0 Å². The molecule has 0 spiro atoms. The zero-order valence-electron chi connectivity index (χ0n) is 16.7. The second-order valence-corrected chi connectivity index (χ2v) is 7.90. The van der Waals surface area contributed by atoms with E-state index in [-0.39, 0.29) is 6.61 Å². The van der Waals surface area contributed by atoms with Crippen molar-refractivity contribution < 1.29 is 9.84 Å². The molecule has 3 rings (SSSR count). The first-order chi connectivity index (χ1) is 14.1. The van der Waals surface area contributed by atoms with E-state index in [0.717, 1.165) is 27.9 Å². The SMILES string of the molecule is C=CCn1c(SC[C@H](O)COc2ccccc2C(C)C)nnc1-c1ccncc1. The Labute approximate surface area is 175 Å². The lowest BCUT2D eigenvalue weighted by Crippen LogP contribution is -2.21. The van der Waals surface area contributed by atoms with E-state index >= 15 is 0 Å². The molecule has 2 aromatic heterocycles. The van der Waals surface area contributed by atoms with Crippen LogP contribution in [0.4, 0.5) is 0 Å². The number of aromatic nitrogens is 4. The molecular formula is C22H26N4O2S. The van der Waals surface area contributed by atoms with Crippen LogP contribution in [-0.2, 0) is 6.54 Å². The molecule has 0 bridgehead atoms. The molecule has 29 heavy (non-hydrogen) atoms. The maximum absolute atomic E-state index is 10.4. The van der Waals surface area contributed by atoms with Gasteiger partial charge in [-0.15, -0.1) is 16.8 Å². The van der Waals surface area contributed by atoms with Gasteiger partial charge in [0.2, 0.25) is 0 Å². The summed E-state index contributed by atoms with van der Waals surface area (Å²) in [6.07, 6.45) is 4.63. The minimum Gasteiger partial charge on any atom is -0.491 e. The minimum absolute atomic E-state index is 0.226. The molecule has 0 amide bonds. The van der Waals surface area contributed by atoms with Crippen molar-refractivity contribution in [2.24, 2.45) is 0 Å². The van der Waals surface area contributed by atoms with E-state index in [1.807, 2.05) is 34.9 Å². The minimum atomic E-state index is -0.626. The van der Waals surface area contributed by atoms with Gasteiger partial charge in [-0.3, -0.25) is 9.55 Å². The second-order valence-electron chi connectivity index (χ2n) is 6.91. The summed E-state index contributed by atoms with van der Waals surface area (Å²) >= 11 is 1.45. The molecule has 0 unspecified atom stereocenters. The number of hydrogen-bond acceptors (Lipinski definition) is 6. The normalized spacial score (nSPS) is 12.1. The van der Waals surface area contributed by atoms with Crippen LogP contribution >= 0.6 is 11.8 Å². The third-order valence-corrected chi connectivity index (χ3v) is 5.46. The van der Waals surface area contributed by atoms with Crippen molar-refractivity contribution in [2.45, 2.75) is 37.6 Å². The average Bonchev–Trinajstić information content (AvgIpc) is 3.14. The quantitative estimate of drug-likeness (QED) is 0.399. The summed E-state index contributed by atoms with van der Waals surface area (Å²) in [6.45, 7) is 8.89. The lowest BCUT2D eigenvalue weighted by atomic mass is 10.0. The highest BCUT2D eigenvalue weighted by molar-refractivity contribution is 7.99. The zero-order chi connectivity index (χ0) is 20.6. The summed E-state index contributed by atoms with van der Waals surface area (Å²) in [5.74, 6) is 2.39. The number of hydrogen-bond donors (Lipinski definition) is 1. The Morgan fingerprint density at radius 1 is 1.17 bits per heavy atom. The first-order valence-corrected chi connectivity index (χ1v) is 10.6. The number of ether oxygens (including phenoxy) is 1. The third kappa shape index (κ3) is 5.46. The number of thioether (sulfide) groups is 1. The standard InChI is InChI=1S/C22H26N4O2S/c1-4-13-26-21(17-9-11-23-12-10-17)24-25-22(26)29-15-18(27)14-28-20-8-6-5-7-19(20)16(2)3/h4-12,16,18,27H,1,13-15H2,2-3H3/t18-/m1/s1. The summed E-state index contributed by atoms with van der Waals surface area (Å²) in [7, 11) is 0. The Morgan fingerprint density at radius 2 is 1.93 bits per heavy atom. The highest BCUT2D eigenvalue weighted by Gasteiger charge is 2.16. The molecule has 6 nitrogen and oxygen atoms in total. The first kappa shape index (κ1) is 21.1. The predicted octanol–water partition coefficient (Wildman–Crippen LogP) is 4.18. The van der Waals surface area contributed by atoms with Crippen LogP contribution in [0.2, 0.25) is 0 Å². The van der Waals surface area contributed by atoms with Crippen molar-refractivity contribution in [3.63, 3.8) is 0 Å². The van der Waals surface area contributed by atoms with Crippen molar-refractivity contribution in [1.82, 2.24) is 19.7 Å². The topological polar surface area (TPSA) is 73.1 Å². The molecule has 1 aromatic carbocycles. The van der Waals surface area contributed by atoms with Crippen LogP contribution < -0.4 is 4.74 Å². The highest BCUT2D eigenvalue weighted by Crippen LogP contribution is 2.27. The molecule has 0 aliphatic carbocycles. The van der Waals surface area contributed by atoms with Gasteiger partial charge in [0.15, 0.2) is 11.0 Å². The number of aliphatic hydroxyl groups is 1. The maximum atomic E-state index is 10.4. The van der Waals surface area contributed by atoms with E-state index in [4.69, 9.17) is 4.74 Å². The molecule has 0 saturated carbocycles. The number of rotatable bonds is 10. The Bertz CT molecular complexity index is 928. The predicted molar refractivity (Wildman–Crippen MR) is 116 cm³/mol. The number of aliphatic hydroxyl groups excluding tert-OH is 1. The summed E-state index contributed by atoms with van der Waals surface area (Å²) in [5.41, 5.74) is 2.08. The van der Waals surface area contributed by atoms with Crippen LogP contribution in [0.3, 0.4) is 0 Å². The largest absolute Gasteiger partial charge is 0.491 e. The molecule has 3 aromatic rings. The van der Waals surface area contributed by atoms with Gasteiger partial charge in [-0.1, -0.05) is 49.9 Å². The van der Waals surface area contributed by atoms with Crippen molar-refractivity contribution in [2.75, 3.05) is 12.4 Å².